The molecule has 0 unspecified atom stereocenters. The molecule has 0 saturated carbocycles. The van der Waals surface area contributed by atoms with E-state index in [1.807, 2.05) is 0 Å². The lowest BCUT2D eigenvalue weighted by atomic mass is 10.2. The van der Waals surface area contributed by atoms with Gasteiger partial charge in [0.05, 0.1) is 18.8 Å². The minimum Gasteiger partial charge on any atom is -0.444 e. The summed E-state index contributed by atoms with van der Waals surface area (Å²) < 4.78 is 11.3. The van der Waals surface area contributed by atoms with Crippen LogP contribution in [0.15, 0.2) is 0 Å². The molecule has 0 fully saturated rings. The Kier molecular flexibility index (Phi) is 6.91. The summed E-state index contributed by atoms with van der Waals surface area (Å²) in [6, 6.07) is -0.478. The van der Waals surface area contributed by atoms with Crippen molar-refractivity contribution in [2.24, 2.45) is 0 Å². The first-order valence-corrected chi connectivity index (χ1v) is 10.4. The van der Waals surface area contributed by atoms with Gasteiger partial charge in [-0.2, -0.15) is 0 Å². The number of hydrogen-bond acceptors (Lipinski definition) is 4. The van der Waals surface area contributed by atoms with Gasteiger partial charge in [-0.3, -0.25) is 0 Å². The van der Waals surface area contributed by atoms with E-state index in [9.17, 15) is 9.90 Å². The molecule has 0 radical (unpaired) electrons. The molecule has 0 aliphatic heterocycles. The average molecular weight is 320 g/mol. The molecule has 1 amide bonds. The van der Waals surface area contributed by atoms with Crippen LogP contribution < -0.4 is 5.32 Å². The second kappa shape index (κ2) is 7.11. The number of aliphatic hydroxyl groups excluding tert-OH is 1. The smallest absolute Gasteiger partial charge is 0.408 e. The third-order valence-corrected chi connectivity index (χ3v) is 8.22. The zero-order valence-electron chi connectivity index (χ0n) is 15.0. The summed E-state index contributed by atoms with van der Waals surface area (Å²) in [5, 5.41) is 12.6. The molecule has 21 heavy (non-hydrogen) atoms. The maximum Gasteiger partial charge on any atom is 0.408 e. The third kappa shape index (κ3) is 7.83. The van der Waals surface area contributed by atoms with Crippen molar-refractivity contribution >= 4 is 14.4 Å². The van der Waals surface area contributed by atoms with Crippen LogP contribution in [0.3, 0.4) is 0 Å². The summed E-state index contributed by atoms with van der Waals surface area (Å²) >= 11 is 0. The molecular weight excluding hydrogens is 286 g/mol. The van der Waals surface area contributed by atoms with Gasteiger partial charge in [0.15, 0.2) is 8.32 Å². The summed E-state index contributed by atoms with van der Waals surface area (Å²) in [5.74, 6) is 0. The highest BCUT2D eigenvalue weighted by Gasteiger charge is 2.38. The molecule has 0 aromatic carbocycles. The van der Waals surface area contributed by atoms with E-state index in [0.29, 0.717) is 0 Å². The molecule has 126 valence electrons. The van der Waals surface area contributed by atoms with E-state index in [0.717, 1.165) is 0 Å². The topological polar surface area (TPSA) is 67.8 Å². The number of ether oxygens (including phenoxy) is 1. The van der Waals surface area contributed by atoms with Crippen LogP contribution in [-0.4, -0.2) is 43.9 Å². The van der Waals surface area contributed by atoms with Crippen molar-refractivity contribution in [3.63, 3.8) is 0 Å². The van der Waals surface area contributed by atoms with E-state index >= 15 is 0 Å². The first-order valence-electron chi connectivity index (χ1n) is 7.47. The monoisotopic (exact) mass is 319 g/mol. The van der Waals surface area contributed by atoms with E-state index in [1.165, 1.54) is 0 Å². The summed E-state index contributed by atoms with van der Waals surface area (Å²) in [7, 11) is -1.91. The fourth-order valence-corrected chi connectivity index (χ4v) is 2.30. The molecule has 0 spiro atoms. The van der Waals surface area contributed by atoms with Crippen molar-refractivity contribution in [3.8, 4) is 0 Å². The quantitative estimate of drug-likeness (QED) is 0.763. The number of carbonyl (C=O) groups is 1. The summed E-state index contributed by atoms with van der Waals surface area (Å²) in [6.07, 6.45) is -1.24. The molecule has 0 aromatic heterocycles. The molecule has 6 heteroatoms. The van der Waals surface area contributed by atoms with Gasteiger partial charge in [-0.25, -0.2) is 4.79 Å². The molecular formula is C15H33NO4Si. The maximum atomic E-state index is 11.8. The lowest BCUT2D eigenvalue weighted by Crippen LogP contribution is -2.50. The van der Waals surface area contributed by atoms with Gasteiger partial charge in [0.25, 0.3) is 0 Å². The Labute approximate surface area is 130 Å². The summed E-state index contributed by atoms with van der Waals surface area (Å²) in [4.78, 5) is 11.8. The predicted octanol–water partition coefficient (Wildman–Crippen LogP) is 3.28. The molecule has 0 aromatic rings. The van der Waals surface area contributed by atoms with Gasteiger partial charge in [0.2, 0.25) is 0 Å². The van der Waals surface area contributed by atoms with Crippen molar-refractivity contribution < 1.29 is 19.1 Å². The Morgan fingerprint density at radius 1 is 1.19 bits per heavy atom. The Morgan fingerprint density at radius 3 is 2.00 bits per heavy atom. The first kappa shape index (κ1) is 20.4. The van der Waals surface area contributed by atoms with Crippen LogP contribution in [0.2, 0.25) is 18.1 Å². The minimum absolute atomic E-state index is 0.0855. The van der Waals surface area contributed by atoms with Crippen LogP contribution in [0, 0.1) is 0 Å². The lowest BCUT2D eigenvalue weighted by Gasteiger charge is -2.37. The molecule has 2 N–H and O–H groups in total. The second-order valence-electron chi connectivity index (χ2n) is 8.06. The van der Waals surface area contributed by atoms with Gasteiger partial charge in [-0.1, -0.05) is 20.8 Å². The highest BCUT2D eigenvalue weighted by Crippen LogP contribution is 2.36. The largest absolute Gasteiger partial charge is 0.444 e. The Balaban J connectivity index is 4.63. The predicted molar refractivity (Wildman–Crippen MR) is 88.0 cm³/mol. The van der Waals surface area contributed by atoms with Gasteiger partial charge in [-0.15, -0.1) is 0 Å². The molecule has 0 aliphatic carbocycles. The summed E-state index contributed by atoms with van der Waals surface area (Å²) in [6.45, 7) is 18.1. The second-order valence-corrected chi connectivity index (χ2v) is 12.9. The van der Waals surface area contributed by atoms with Gasteiger partial charge in [0.1, 0.15) is 5.60 Å². The van der Waals surface area contributed by atoms with Crippen LogP contribution in [0.4, 0.5) is 4.79 Å². The number of alkyl carbamates (subject to hydrolysis) is 1. The summed E-state index contributed by atoms with van der Waals surface area (Å²) in [5.41, 5.74) is -0.562. The molecule has 5 nitrogen and oxygen atoms in total. The highest BCUT2D eigenvalue weighted by atomic mass is 28.4. The fourth-order valence-electron chi connectivity index (χ4n) is 1.28. The molecule has 0 bridgehead atoms. The molecule has 0 saturated heterocycles. The normalized spacial score (nSPS) is 16.3. The Morgan fingerprint density at radius 2 is 1.67 bits per heavy atom. The number of hydrogen-bond donors (Lipinski definition) is 2. The van der Waals surface area contributed by atoms with Crippen molar-refractivity contribution in [1.29, 1.82) is 0 Å². The maximum absolute atomic E-state index is 11.8. The van der Waals surface area contributed by atoms with Crippen molar-refractivity contribution in [2.45, 2.75) is 84.3 Å². The fraction of sp³-hybridized carbons (Fsp3) is 0.933. The standard InChI is InChI=1S/C15H33NO4Si/c1-11(17)12(16-13(18)20-14(2,3)4)10-19-21(8,9)15(5,6)7/h11-12,17H,10H2,1-9H3,(H,16,18)/t11-,12-/m1/s1. The Bertz CT molecular complexity index is 343. The lowest BCUT2D eigenvalue weighted by molar-refractivity contribution is 0.0384. The van der Waals surface area contributed by atoms with Gasteiger partial charge in [0, 0.05) is 0 Å². The SMILES string of the molecule is C[C@@H](O)[C@@H](CO[Si](C)(C)C(C)(C)C)NC(=O)OC(C)(C)C. The van der Waals surface area contributed by atoms with E-state index in [2.05, 4.69) is 39.2 Å². The molecule has 0 rings (SSSR count). The molecule has 0 aliphatic rings. The highest BCUT2D eigenvalue weighted by molar-refractivity contribution is 6.74. The molecule has 0 heterocycles. The minimum atomic E-state index is -1.91. The van der Waals surface area contributed by atoms with Crippen LogP contribution in [0.5, 0.6) is 0 Å². The number of amides is 1. The van der Waals surface area contributed by atoms with Crippen LogP contribution in [-0.2, 0) is 9.16 Å². The average Bonchev–Trinajstić information content (AvgIpc) is 2.19. The molecule has 2 atom stereocenters. The van der Waals surface area contributed by atoms with E-state index < -0.39 is 32.2 Å². The van der Waals surface area contributed by atoms with Crippen molar-refractivity contribution in [2.75, 3.05) is 6.61 Å². The zero-order valence-corrected chi connectivity index (χ0v) is 16.0. The van der Waals surface area contributed by atoms with Gasteiger partial charge < -0.3 is 19.6 Å². The van der Waals surface area contributed by atoms with E-state index in [-0.39, 0.29) is 11.6 Å². The first-order chi connectivity index (χ1) is 9.16. The van der Waals surface area contributed by atoms with Gasteiger partial charge >= 0.3 is 6.09 Å². The number of carbonyl (C=O) groups excluding carboxylic acids is 1. The van der Waals surface area contributed by atoms with Crippen molar-refractivity contribution in [1.82, 2.24) is 5.32 Å². The zero-order chi connectivity index (χ0) is 17.1. The Hall–Kier alpha value is -0.593. The number of nitrogens with one attached hydrogen (secondary N) is 1. The van der Waals surface area contributed by atoms with E-state index in [4.69, 9.17) is 9.16 Å². The van der Waals surface area contributed by atoms with E-state index in [1.54, 1.807) is 27.7 Å². The number of rotatable bonds is 5. The van der Waals surface area contributed by atoms with Crippen molar-refractivity contribution in [3.05, 3.63) is 0 Å². The van der Waals surface area contributed by atoms with Crippen LogP contribution in [0.25, 0.3) is 0 Å². The van der Waals surface area contributed by atoms with Crippen LogP contribution >= 0.6 is 0 Å². The third-order valence-electron chi connectivity index (χ3n) is 3.71. The number of aliphatic hydroxyl groups is 1. The van der Waals surface area contributed by atoms with Gasteiger partial charge in [-0.05, 0) is 45.8 Å². The van der Waals surface area contributed by atoms with Crippen LogP contribution in [0.1, 0.15) is 48.5 Å².